The number of hydrogen-bond donors (Lipinski definition) is 1. The van der Waals surface area contributed by atoms with E-state index in [1.807, 2.05) is 60.7 Å². The monoisotopic (exact) mass is 350 g/mol. The highest BCUT2D eigenvalue weighted by Gasteiger charge is 2.43. The number of benzene rings is 2. The Morgan fingerprint density at radius 1 is 1.15 bits per heavy atom. The molecule has 0 saturated carbocycles. The third-order valence-electron chi connectivity index (χ3n) is 3.93. The Balaban J connectivity index is 1.91. The molecule has 132 valence electrons. The zero-order chi connectivity index (χ0) is 18.5. The Labute approximate surface area is 151 Å². The number of carboxylic acids is 1. The van der Waals surface area contributed by atoms with Crippen molar-refractivity contribution >= 4 is 23.3 Å². The van der Waals surface area contributed by atoms with E-state index in [9.17, 15) is 9.59 Å². The molecule has 1 fully saturated rings. The molecule has 6 nitrogen and oxygen atoms in total. The Kier molecular flexibility index (Phi) is 5.12. The quantitative estimate of drug-likeness (QED) is 0.376. The first-order chi connectivity index (χ1) is 12.6. The van der Waals surface area contributed by atoms with Gasteiger partial charge in [0.15, 0.2) is 0 Å². The lowest BCUT2D eigenvalue weighted by molar-refractivity contribution is -0.142. The predicted molar refractivity (Wildman–Crippen MR) is 97.9 cm³/mol. The Bertz CT molecular complexity index is 860. The SMILES string of the molecule is CC(C=C1C(=O)N(c2ccccc2)C1c1ccccc1)=NOCC(=O)O. The lowest BCUT2D eigenvalue weighted by atomic mass is 9.86. The fraction of sp³-hybridized carbons (Fsp3) is 0.150. The summed E-state index contributed by atoms with van der Waals surface area (Å²) in [5.41, 5.74) is 2.82. The number of nitrogens with zero attached hydrogens (tertiary/aromatic N) is 2. The van der Waals surface area contributed by atoms with Crippen LogP contribution in [0.3, 0.4) is 0 Å². The van der Waals surface area contributed by atoms with Gasteiger partial charge in [-0.2, -0.15) is 0 Å². The second-order valence-electron chi connectivity index (χ2n) is 5.82. The first kappa shape index (κ1) is 17.4. The molecule has 3 rings (SSSR count). The van der Waals surface area contributed by atoms with Gasteiger partial charge in [0, 0.05) is 11.3 Å². The Morgan fingerprint density at radius 2 is 1.77 bits per heavy atom. The molecule has 1 unspecified atom stereocenters. The van der Waals surface area contributed by atoms with E-state index in [-0.39, 0.29) is 11.9 Å². The highest BCUT2D eigenvalue weighted by molar-refractivity contribution is 6.18. The Morgan fingerprint density at radius 3 is 2.38 bits per heavy atom. The topological polar surface area (TPSA) is 79.2 Å². The summed E-state index contributed by atoms with van der Waals surface area (Å²) in [6.07, 6.45) is 1.64. The number of anilines is 1. The number of allylic oxidation sites excluding steroid dienone is 1. The van der Waals surface area contributed by atoms with E-state index in [1.54, 1.807) is 17.9 Å². The van der Waals surface area contributed by atoms with Gasteiger partial charge in [0.1, 0.15) is 0 Å². The van der Waals surface area contributed by atoms with E-state index >= 15 is 0 Å². The summed E-state index contributed by atoms with van der Waals surface area (Å²) in [7, 11) is 0. The molecule has 0 bridgehead atoms. The summed E-state index contributed by atoms with van der Waals surface area (Å²) in [5.74, 6) is -1.22. The predicted octanol–water partition coefficient (Wildman–Crippen LogP) is 3.18. The minimum absolute atomic E-state index is 0.113. The molecule has 1 amide bonds. The minimum atomic E-state index is -1.11. The van der Waals surface area contributed by atoms with Crippen molar-refractivity contribution in [1.82, 2.24) is 0 Å². The second-order valence-corrected chi connectivity index (χ2v) is 5.82. The van der Waals surface area contributed by atoms with Crippen LogP contribution in [0.4, 0.5) is 5.69 Å². The number of carbonyl (C=O) groups excluding carboxylic acids is 1. The van der Waals surface area contributed by atoms with Crippen molar-refractivity contribution in [2.45, 2.75) is 13.0 Å². The zero-order valence-corrected chi connectivity index (χ0v) is 14.2. The average Bonchev–Trinajstić information content (AvgIpc) is 2.65. The Hall–Kier alpha value is -3.41. The van der Waals surface area contributed by atoms with Crippen molar-refractivity contribution in [2.24, 2.45) is 5.16 Å². The third kappa shape index (κ3) is 3.64. The third-order valence-corrected chi connectivity index (χ3v) is 3.93. The van der Waals surface area contributed by atoms with Crippen molar-refractivity contribution in [3.8, 4) is 0 Å². The van der Waals surface area contributed by atoms with Gasteiger partial charge in [-0.25, -0.2) is 4.79 Å². The van der Waals surface area contributed by atoms with Crippen LogP contribution in [0.2, 0.25) is 0 Å². The lowest BCUT2D eigenvalue weighted by Crippen LogP contribution is -2.49. The van der Waals surface area contributed by atoms with Gasteiger partial charge in [-0.15, -0.1) is 0 Å². The van der Waals surface area contributed by atoms with Crippen LogP contribution in [-0.4, -0.2) is 29.3 Å². The molecule has 2 aromatic carbocycles. The van der Waals surface area contributed by atoms with Crippen molar-refractivity contribution in [1.29, 1.82) is 0 Å². The van der Waals surface area contributed by atoms with Crippen LogP contribution in [0, 0.1) is 0 Å². The smallest absolute Gasteiger partial charge is 0.344 e. The number of para-hydroxylation sites is 1. The highest BCUT2D eigenvalue weighted by atomic mass is 16.6. The number of aliphatic carboxylic acids is 1. The van der Waals surface area contributed by atoms with E-state index < -0.39 is 12.6 Å². The molecule has 1 heterocycles. The van der Waals surface area contributed by atoms with Crippen molar-refractivity contribution < 1.29 is 19.5 Å². The number of carboxylic acid groups (broad SMARTS) is 1. The molecule has 6 heteroatoms. The molecule has 0 radical (unpaired) electrons. The maximum atomic E-state index is 12.7. The maximum Gasteiger partial charge on any atom is 0.344 e. The fourth-order valence-corrected chi connectivity index (χ4v) is 2.85. The van der Waals surface area contributed by atoms with E-state index in [4.69, 9.17) is 9.94 Å². The fourth-order valence-electron chi connectivity index (χ4n) is 2.85. The summed E-state index contributed by atoms with van der Waals surface area (Å²) >= 11 is 0. The van der Waals surface area contributed by atoms with Crippen molar-refractivity contribution in [2.75, 3.05) is 11.5 Å². The lowest BCUT2D eigenvalue weighted by Gasteiger charge is -2.43. The van der Waals surface area contributed by atoms with Crippen molar-refractivity contribution in [3.05, 3.63) is 77.9 Å². The van der Waals surface area contributed by atoms with E-state index in [1.165, 1.54) is 0 Å². The molecule has 0 aliphatic carbocycles. The molecule has 1 N–H and O–H groups in total. The number of carbonyl (C=O) groups is 2. The van der Waals surface area contributed by atoms with E-state index in [0.717, 1.165) is 11.3 Å². The molecule has 1 aliphatic heterocycles. The average molecular weight is 350 g/mol. The second kappa shape index (κ2) is 7.65. The first-order valence-corrected chi connectivity index (χ1v) is 8.11. The van der Waals surface area contributed by atoms with Gasteiger partial charge in [0.25, 0.3) is 5.91 Å². The summed E-state index contributed by atoms with van der Waals surface area (Å²) in [4.78, 5) is 29.7. The molecular weight excluding hydrogens is 332 g/mol. The summed E-state index contributed by atoms with van der Waals surface area (Å²) in [6, 6.07) is 18.9. The van der Waals surface area contributed by atoms with Crippen LogP contribution in [0.25, 0.3) is 0 Å². The standard InChI is InChI=1S/C20H18N2O4/c1-14(21-26-13-18(23)24)12-17-19(15-8-4-2-5-9-15)22(20(17)25)16-10-6-3-7-11-16/h2-12,19H,13H2,1H3,(H,23,24). The first-order valence-electron chi connectivity index (χ1n) is 8.11. The van der Waals surface area contributed by atoms with Crippen LogP contribution in [0.1, 0.15) is 18.5 Å². The molecule has 1 aliphatic rings. The summed E-state index contributed by atoms with van der Waals surface area (Å²) in [5, 5.41) is 12.3. The van der Waals surface area contributed by atoms with Crippen LogP contribution >= 0.6 is 0 Å². The van der Waals surface area contributed by atoms with Crippen LogP contribution < -0.4 is 4.90 Å². The molecule has 26 heavy (non-hydrogen) atoms. The van der Waals surface area contributed by atoms with Gasteiger partial charge in [0.05, 0.1) is 11.8 Å². The molecule has 1 atom stereocenters. The van der Waals surface area contributed by atoms with Crippen LogP contribution in [0.15, 0.2) is 77.5 Å². The minimum Gasteiger partial charge on any atom is -0.479 e. The number of oxime groups is 1. The van der Waals surface area contributed by atoms with E-state index in [0.29, 0.717) is 11.3 Å². The van der Waals surface area contributed by atoms with Crippen LogP contribution in [-0.2, 0) is 14.4 Å². The number of β-lactam (4-membered cyclic amide) rings is 1. The zero-order valence-electron chi connectivity index (χ0n) is 14.2. The largest absolute Gasteiger partial charge is 0.479 e. The number of amides is 1. The van der Waals surface area contributed by atoms with Crippen LogP contribution in [0.5, 0.6) is 0 Å². The van der Waals surface area contributed by atoms with Gasteiger partial charge < -0.3 is 9.94 Å². The van der Waals surface area contributed by atoms with Gasteiger partial charge in [-0.05, 0) is 30.7 Å². The number of hydrogen-bond acceptors (Lipinski definition) is 4. The van der Waals surface area contributed by atoms with Crippen molar-refractivity contribution in [3.63, 3.8) is 0 Å². The molecular formula is C20H18N2O4. The highest BCUT2D eigenvalue weighted by Crippen LogP contribution is 2.42. The normalized spacial score (nSPS) is 18.6. The molecule has 0 aromatic heterocycles. The van der Waals surface area contributed by atoms with E-state index in [2.05, 4.69) is 5.16 Å². The summed E-state index contributed by atoms with van der Waals surface area (Å²) in [6.45, 7) is 1.14. The maximum absolute atomic E-state index is 12.7. The van der Waals surface area contributed by atoms with Gasteiger partial charge in [-0.3, -0.25) is 9.69 Å². The van der Waals surface area contributed by atoms with Gasteiger partial charge >= 0.3 is 5.97 Å². The number of rotatable bonds is 6. The van der Waals surface area contributed by atoms with Gasteiger partial charge in [0.2, 0.25) is 6.61 Å². The summed E-state index contributed by atoms with van der Waals surface area (Å²) < 4.78 is 0. The molecule has 0 spiro atoms. The molecule has 2 aromatic rings. The molecule has 1 saturated heterocycles. The van der Waals surface area contributed by atoms with Gasteiger partial charge in [-0.1, -0.05) is 53.7 Å².